The van der Waals surface area contributed by atoms with Crippen LogP contribution in [0.5, 0.6) is 0 Å². The Labute approximate surface area is 83.3 Å². The van der Waals surface area contributed by atoms with Gasteiger partial charge in [0.2, 0.25) is 0 Å². The molecule has 0 saturated carbocycles. The minimum absolute atomic E-state index is 0.174. The smallest absolute Gasteiger partial charge is 0.147 e. The van der Waals surface area contributed by atoms with E-state index in [9.17, 15) is 4.39 Å². The standard InChI is InChI=1S/C9H17FN4/c1-6(2)7(4-11)9(10)8-5-12-13-14(8)3/h5-7,9H,4,11H2,1-3H3. The molecule has 4 nitrogen and oxygen atoms in total. The molecule has 2 N–H and O–H groups in total. The lowest BCUT2D eigenvalue weighted by Gasteiger charge is -2.22. The van der Waals surface area contributed by atoms with Crippen molar-refractivity contribution in [3.8, 4) is 0 Å². The number of alkyl halides is 1. The molecule has 2 atom stereocenters. The van der Waals surface area contributed by atoms with Crippen molar-refractivity contribution in [1.82, 2.24) is 15.0 Å². The number of hydrogen-bond donors (Lipinski definition) is 1. The van der Waals surface area contributed by atoms with Crippen LogP contribution < -0.4 is 5.73 Å². The highest BCUT2D eigenvalue weighted by atomic mass is 19.1. The number of rotatable bonds is 4. The molecule has 1 aromatic heterocycles. The van der Waals surface area contributed by atoms with Crippen molar-refractivity contribution in [1.29, 1.82) is 0 Å². The number of nitrogens with two attached hydrogens (primary N) is 1. The van der Waals surface area contributed by atoms with E-state index in [1.165, 1.54) is 10.9 Å². The average Bonchev–Trinajstić information content (AvgIpc) is 2.51. The van der Waals surface area contributed by atoms with Crippen molar-refractivity contribution >= 4 is 0 Å². The number of halogens is 1. The van der Waals surface area contributed by atoms with E-state index in [2.05, 4.69) is 10.3 Å². The predicted molar refractivity (Wildman–Crippen MR) is 52.2 cm³/mol. The Morgan fingerprint density at radius 2 is 2.21 bits per heavy atom. The lowest BCUT2D eigenvalue weighted by atomic mass is 9.90. The van der Waals surface area contributed by atoms with Crippen molar-refractivity contribution in [3.05, 3.63) is 11.9 Å². The molecule has 1 rings (SSSR count). The summed E-state index contributed by atoms with van der Waals surface area (Å²) in [5.74, 6) is 0.0390. The highest BCUT2D eigenvalue weighted by Crippen LogP contribution is 2.29. The third-order valence-corrected chi connectivity index (χ3v) is 2.54. The summed E-state index contributed by atoms with van der Waals surface area (Å²) in [5, 5.41) is 7.35. The van der Waals surface area contributed by atoms with Crippen molar-refractivity contribution in [3.63, 3.8) is 0 Å². The fraction of sp³-hybridized carbons (Fsp3) is 0.778. The summed E-state index contributed by atoms with van der Waals surface area (Å²) in [6.07, 6.45) is 0.371. The van der Waals surface area contributed by atoms with Crippen LogP contribution in [0.25, 0.3) is 0 Å². The molecule has 0 aliphatic carbocycles. The molecule has 0 bridgehead atoms. The zero-order chi connectivity index (χ0) is 10.7. The van der Waals surface area contributed by atoms with Crippen LogP contribution in [0, 0.1) is 11.8 Å². The van der Waals surface area contributed by atoms with Gasteiger partial charge in [0.15, 0.2) is 0 Å². The Hall–Kier alpha value is -0.970. The van der Waals surface area contributed by atoms with Gasteiger partial charge in [0, 0.05) is 13.0 Å². The van der Waals surface area contributed by atoms with Crippen molar-refractivity contribution < 1.29 is 4.39 Å². The van der Waals surface area contributed by atoms with Gasteiger partial charge in [-0.05, 0) is 12.5 Å². The molecule has 1 heterocycles. The van der Waals surface area contributed by atoms with Gasteiger partial charge in [-0.3, -0.25) is 0 Å². The Balaban J connectivity index is 2.83. The van der Waals surface area contributed by atoms with Gasteiger partial charge in [-0.15, -0.1) is 5.10 Å². The topological polar surface area (TPSA) is 56.7 Å². The van der Waals surface area contributed by atoms with Crippen LogP contribution >= 0.6 is 0 Å². The van der Waals surface area contributed by atoms with Crippen molar-refractivity contribution in [2.45, 2.75) is 20.0 Å². The van der Waals surface area contributed by atoms with Gasteiger partial charge in [0.05, 0.1) is 11.9 Å². The van der Waals surface area contributed by atoms with E-state index in [4.69, 9.17) is 5.73 Å². The lowest BCUT2D eigenvalue weighted by Crippen LogP contribution is -2.25. The van der Waals surface area contributed by atoms with Gasteiger partial charge in [-0.2, -0.15) is 0 Å². The Bertz CT molecular complexity index is 284. The first-order chi connectivity index (χ1) is 6.57. The van der Waals surface area contributed by atoms with Gasteiger partial charge in [-0.25, -0.2) is 9.07 Å². The Morgan fingerprint density at radius 1 is 1.57 bits per heavy atom. The maximum absolute atomic E-state index is 14.0. The van der Waals surface area contributed by atoms with Crippen LogP contribution in [0.3, 0.4) is 0 Å². The number of nitrogens with zero attached hydrogens (tertiary/aromatic N) is 3. The van der Waals surface area contributed by atoms with Crippen LogP contribution in [0.2, 0.25) is 0 Å². The highest BCUT2D eigenvalue weighted by molar-refractivity contribution is 5.01. The summed E-state index contributed by atoms with van der Waals surface area (Å²) in [5.41, 5.74) is 6.04. The van der Waals surface area contributed by atoms with E-state index < -0.39 is 6.17 Å². The molecule has 0 radical (unpaired) electrons. The van der Waals surface area contributed by atoms with E-state index >= 15 is 0 Å². The van der Waals surface area contributed by atoms with E-state index in [0.29, 0.717) is 12.2 Å². The molecule has 0 aromatic carbocycles. The number of aryl methyl sites for hydroxylation is 1. The average molecular weight is 200 g/mol. The van der Waals surface area contributed by atoms with Gasteiger partial charge in [0.1, 0.15) is 6.17 Å². The number of hydrogen-bond acceptors (Lipinski definition) is 3. The largest absolute Gasteiger partial charge is 0.330 e. The van der Waals surface area contributed by atoms with Gasteiger partial charge in [-0.1, -0.05) is 19.1 Å². The second-order valence-electron chi connectivity index (χ2n) is 3.83. The molecule has 1 aromatic rings. The van der Waals surface area contributed by atoms with Gasteiger partial charge in [0.25, 0.3) is 0 Å². The summed E-state index contributed by atoms with van der Waals surface area (Å²) in [4.78, 5) is 0. The SMILES string of the molecule is CC(C)C(CN)C(F)c1cnnn1C. The Kier molecular flexibility index (Phi) is 3.57. The summed E-state index contributed by atoms with van der Waals surface area (Å²) >= 11 is 0. The quantitative estimate of drug-likeness (QED) is 0.790. The first kappa shape index (κ1) is 11.1. The van der Waals surface area contributed by atoms with Crippen LogP contribution in [-0.2, 0) is 7.05 Å². The number of aromatic nitrogens is 3. The molecule has 0 fully saturated rings. The summed E-state index contributed by atoms with van der Waals surface area (Å²) in [7, 11) is 1.68. The first-order valence-electron chi connectivity index (χ1n) is 4.76. The summed E-state index contributed by atoms with van der Waals surface area (Å²) in [6, 6.07) is 0. The second kappa shape index (κ2) is 4.50. The van der Waals surface area contributed by atoms with E-state index in [0.717, 1.165) is 0 Å². The van der Waals surface area contributed by atoms with Crippen LogP contribution in [0.1, 0.15) is 25.7 Å². The van der Waals surface area contributed by atoms with E-state index in [1.54, 1.807) is 7.05 Å². The van der Waals surface area contributed by atoms with E-state index in [1.807, 2.05) is 13.8 Å². The van der Waals surface area contributed by atoms with E-state index in [-0.39, 0.29) is 11.8 Å². The molecule has 0 aliphatic rings. The molecule has 0 aliphatic heterocycles. The molecule has 80 valence electrons. The molecular formula is C9H17FN4. The fourth-order valence-corrected chi connectivity index (χ4v) is 1.50. The third kappa shape index (κ3) is 2.09. The maximum atomic E-state index is 14.0. The van der Waals surface area contributed by atoms with Crippen LogP contribution in [0.15, 0.2) is 6.20 Å². The van der Waals surface area contributed by atoms with Crippen molar-refractivity contribution in [2.75, 3.05) is 6.54 Å². The molecule has 5 heteroatoms. The predicted octanol–water partition coefficient (Wildman–Crippen LogP) is 1.06. The molecule has 0 spiro atoms. The minimum atomic E-state index is -1.08. The molecule has 2 unspecified atom stereocenters. The fourth-order valence-electron chi connectivity index (χ4n) is 1.50. The van der Waals surface area contributed by atoms with Crippen LogP contribution in [0.4, 0.5) is 4.39 Å². The maximum Gasteiger partial charge on any atom is 0.147 e. The molecule has 0 amide bonds. The normalized spacial score (nSPS) is 15.9. The Morgan fingerprint density at radius 3 is 2.57 bits per heavy atom. The lowest BCUT2D eigenvalue weighted by molar-refractivity contribution is 0.179. The third-order valence-electron chi connectivity index (χ3n) is 2.54. The second-order valence-corrected chi connectivity index (χ2v) is 3.83. The zero-order valence-corrected chi connectivity index (χ0v) is 8.81. The summed E-state index contributed by atoms with van der Waals surface area (Å²) < 4.78 is 15.4. The molecule has 0 saturated heterocycles. The molecule has 14 heavy (non-hydrogen) atoms. The van der Waals surface area contributed by atoms with Crippen molar-refractivity contribution in [2.24, 2.45) is 24.6 Å². The minimum Gasteiger partial charge on any atom is -0.330 e. The monoisotopic (exact) mass is 200 g/mol. The summed E-state index contributed by atoms with van der Waals surface area (Å²) in [6.45, 7) is 4.27. The zero-order valence-electron chi connectivity index (χ0n) is 8.81. The van der Waals surface area contributed by atoms with Gasteiger partial charge >= 0.3 is 0 Å². The van der Waals surface area contributed by atoms with Crippen LogP contribution in [-0.4, -0.2) is 21.5 Å². The van der Waals surface area contributed by atoms with Gasteiger partial charge < -0.3 is 5.73 Å². The highest BCUT2D eigenvalue weighted by Gasteiger charge is 2.27. The molecular weight excluding hydrogens is 183 g/mol. The first-order valence-corrected chi connectivity index (χ1v) is 4.76.